The predicted octanol–water partition coefficient (Wildman–Crippen LogP) is 3.59. The normalized spacial score (nSPS) is 23.9. The van der Waals surface area contributed by atoms with Crippen molar-refractivity contribution >= 4 is 5.91 Å². The summed E-state index contributed by atoms with van der Waals surface area (Å²) in [6, 6.07) is 16.6. The van der Waals surface area contributed by atoms with Gasteiger partial charge in [-0.05, 0) is 49.1 Å². The first kappa shape index (κ1) is 22.4. The lowest BCUT2D eigenvalue weighted by atomic mass is 10.0. The van der Waals surface area contributed by atoms with Gasteiger partial charge in [0, 0.05) is 32.5 Å². The number of carbonyl (C=O) groups is 1. The SMILES string of the molecule is CC1(C)O[C@@H]2Cc3ccccc3[C@@H]2N1C(=O)CCc1ccc(OCCN2CCOCC2)cc1. The van der Waals surface area contributed by atoms with Gasteiger partial charge in [0.1, 0.15) is 18.1 Å². The van der Waals surface area contributed by atoms with Crippen LogP contribution in [0.5, 0.6) is 5.75 Å². The number of morpholine rings is 1. The zero-order valence-corrected chi connectivity index (χ0v) is 19.7. The van der Waals surface area contributed by atoms with Gasteiger partial charge in [-0.1, -0.05) is 36.4 Å². The number of aryl methyl sites for hydroxylation is 1. The van der Waals surface area contributed by atoms with Crippen LogP contribution in [0.15, 0.2) is 48.5 Å². The first-order valence-corrected chi connectivity index (χ1v) is 12.1. The summed E-state index contributed by atoms with van der Waals surface area (Å²) in [5.41, 5.74) is 3.09. The summed E-state index contributed by atoms with van der Waals surface area (Å²) in [7, 11) is 0. The number of fused-ring (bicyclic) bond motifs is 3. The lowest BCUT2D eigenvalue weighted by molar-refractivity contribution is -0.147. The molecule has 6 nitrogen and oxygen atoms in total. The van der Waals surface area contributed by atoms with Gasteiger partial charge in [0.05, 0.1) is 25.4 Å². The van der Waals surface area contributed by atoms with Gasteiger partial charge in [-0.2, -0.15) is 0 Å². The van der Waals surface area contributed by atoms with E-state index in [1.54, 1.807) is 0 Å². The smallest absolute Gasteiger partial charge is 0.225 e. The summed E-state index contributed by atoms with van der Waals surface area (Å²) in [5, 5.41) is 0. The largest absolute Gasteiger partial charge is 0.492 e. The number of hydrogen-bond acceptors (Lipinski definition) is 5. The van der Waals surface area contributed by atoms with E-state index in [0.29, 0.717) is 19.4 Å². The summed E-state index contributed by atoms with van der Waals surface area (Å²) < 4.78 is 17.6. The van der Waals surface area contributed by atoms with E-state index in [1.807, 2.05) is 30.9 Å². The molecular weight excluding hydrogens is 416 g/mol. The topological polar surface area (TPSA) is 51.2 Å². The molecular formula is C27H34N2O4. The summed E-state index contributed by atoms with van der Waals surface area (Å²) >= 11 is 0. The molecule has 0 spiro atoms. The van der Waals surface area contributed by atoms with E-state index in [9.17, 15) is 4.79 Å². The Morgan fingerprint density at radius 1 is 1.09 bits per heavy atom. The summed E-state index contributed by atoms with van der Waals surface area (Å²) in [6.07, 6.45) is 2.10. The minimum atomic E-state index is -0.585. The average molecular weight is 451 g/mol. The predicted molar refractivity (Wildman–Crippen MR) is 126 cm³/mol. The lowest BCUT2D eigenvalue weighted by Gasteiger charge is -2.34. The van der Waals surface area contributed by atoms with Gasteiger partial charge in [0.2, 0.25) is 5.91 Å². The van der Waals surface area contributed by atoms with Gasteiger partial charge in [0.15, 0.2) is 0 Å². The molecule has 176 valence electrons. The van der Waals surface area contributed by atoms with Crippen LogP contribution < -0.4 is 4.74 Å². The maximum atomic E-state index is 13.4. The van der Waals surface area contributed by atoms with Crippen LogP contribution >= 0.6 is 0 Å². The molecule has 0 saturated carbocycles. The molecule has 2 fully saturated rings. The molecule has 2 aromatic carbocycles. The van der Waals surface area contributed by atoms with E-state index >= 15 is 0 Å². The Morgan fingerprint density at radius 3 is 2.64 bits per heavy atom. The maximum absolute atomic E-state index is 13.4. The van der Waals surface area contributed by atoms with Crippen LogP contribution in [0.3, 0.4) is 0 Å². The molecule has 0 unspecified atom stereocenters. The van der Waals surface area contributed by atoms with Gasteiger partial charge in [-0.15, -0.1) is 0 Å². The molecule has 3 aliphatic rings. The molecule has 0 N–H and O–H groups in total. The molecule has 6 heteroatoms. The zero-order valence-electron chi connectivity index (χ0n) is 19.7. The van der Waals surface area contributed by atoms with Crippen molar-refractivity contribution < 1.29 is 19.0 Å². The van der Waals surface area contributed by atoms with Crippen molar-refractivity contribution in [2.45, 2.75) is 51.0 Å². The molecule has 0 bridgehead atoms. The summed E-state index contributed by atoms with van der Waals surface area (Å²) in [5.74, 6) is 1.02. The van der Waals surface area contributed by atoms with Crippen LogP contribution in [-0.4, -0.2) is 67.0 Å². The van der Waals surface area contributed by atoms with Crippen molar-refractivity contribution in [3.05, 3.63) is 65.2 Å². The molecule has 2 saturated heterocycles. The van der Waals surface area contributed by atoms with Crippen LogP contribution in [0.25, 0.3) is 0 Å². The standard InChI is InChI=1S/C27H34N2O4/c1-27(2)29(26-23-6-4-3-5-21(23)19-24(26)33-27)25(30)12-9-20-7-10-22(11-8-20)32-18-15-28-13-16-31-17-14-28/h3-8,10-11,24,26H,9,12-19H2,1-2H3/t24-,26+/m1/s1. The Labute approximate surface area is 196 Å². The van der Waals surface area contributed by atoms with E-state index in [-0.39, 0.29) is 18.1 Å². The van der Waals surface area contributed by atoms with E-state index in [2.05, 4.69) is 41.3 Å². The van der Waals surface area contributed by atoms with Crippen molar-refractivity contribution in [1.29, 1.82) is 0 Å². The Morgan fingerprint density at radius 2 is 1.85 bits per heavy atom. The van der Waals surface area contributed by atoms with Crippen molar-refractivity contribution in [2.24, 2.45) is 0 Å². The molecule has 5 rings (SSSR count). The third-order valence-corrected chi connectivity index (χ3v) is 7.04. The summed E-state index contributed by atoms with van der Waals surface area (Å²) in [6.45, 7) is 9.17. The molecule has 33 heavy (non-hydrogen) atoms. The lowest BCUT2D eigenvalue weighted by Crippen LogP contribution is -2.44. The minimum absolute atomic E-state index is 0.0194. The number of carbonyl (C=O) groups excluding carboxylic acids is 1. The fraction of sp³-hybridized carbons (Fsp3) is 0.519. The number of benzene rings is 2. The quantitative estimate of drug-likeness (QED) is 0.645. The highest BCUT2D eigenvalue weighted by molar-refractivity contribution is 5.78. The third kappa shape index (κ3) is 4.79. The second kappa shape index (κ2) is 9.45. The van der Waals surface area contributed by atoms with Gasteiger partial charge < -0.3 is 19.1 Å². The first-order valence-electron chi connectivity index (χ1n) is 12.1. The van der Waals surface area contributed by atoms with Crippen LogP contribution in [0.2, 0.25) is 0 Å². The Bertz CT molecular complexity index is 968. The Hall–Kier alpha value is -2.41. The van der Waals surface area contributed by atoms with Crippen LogP contribution in [-0.2, 0) is 27.1 Å². The highest BCUT2D eigenvalue weighted by Crippen LogP contribution is 2.48. The number of ether oxygens (including phenoxy) is 3. The second-order valence-electron chi connectivity index (χ2n) is 9.66. The first-order chi connectivity index (χ1) is 16.0. The van der Waals surface area contributed by atoms with E-state index in [1.165, 1.54) is 11.1 Å². The molecule has 2 heterocycles. The molecule has 0 radical (unpaired) electrons. The van der Waals surface area contributed by atoms with Crippen LogP contribution in [0.4, 0.5) is 0 Å². The number of amides is 1. The van der Waals surface area contributed by atoms with Crippen LogP contribution in [0, 0.1) is 0 Å². The van der Waals surface area contributed by atoms with Crippen LogP contribution in [0.1, 0.15) is 43.0 Å². The Kier molecular flexibility index (Phi) is 6.41. The third-order valence-electron chi connectivity index (χ3n) is 7.04. The van der Waals surface area contributed by atoms with Gasteiger partial charge in [0.25, 0.3) is 0 Å². The molecule has 2 atom stereocenters. The van der Waals surface area contributed by atoms with E-state index < -0.39 is 5.72 Å². The van der Waals surface area contributed by atoms with Crippen molar-refractivity contribution in [3.8, 4) is 5.75 Å². The molecule has 2 aliphatic heterocycles. The fourth-order valence-corrected chi connectivity index (χ4v) is 5.41. The van der Waals surface area contributed by atoms with Crippen molar-refractivity contribution in [1.82, 2.24) is 9.80 Å². The van der Waals surface area contributed by atoms with Gasteiger partial charge >= 0.3 is 0 Å². The van der Waals surface area contributed by atoms with Crippen molar-refractivity contribution in [2.75, 3.05) is 39.5 Å². The second-order valence-corrected chi connectivity index (χ2v) is 9.66. The maximum Gasteiger partial charge on any atom is 0.225 e. The molecule has 0 aromatic heterocycles. The number of nitrogens with zero attached hydrogens (tertiary/aromatic N) is 2. The number of hydrogen-bond donors (Lipinski definition) is 0. The summed E-state index contributed by atoms with van der Waals surface area (Å²) in [4.78, 5) is 17.7. The monoisotopic (exact) mass is 450 g/mol. The molecule has 1 aliphatic carbocycles. The highest BCUT2D eigenvalue weighted by Gasteiger charge is 2.53. The van der Waals surface area contributed by atoms with Crippen molar-refractivity contribution in [3.63, 3.8) is 0 Å². The van der Waals surface area contributed by atoms with E-state index in [4.69, 9.17) is 14.2 Å². The highest BCUT2D eigenvalue weighted by atomic mass is 16.5. The number of rotatable bonds is 7. The van der Waals surface area contributed by atoms with E-state index in [0.717, 1.165) is 50.6 Å². The zero-order chi connectivity index (χ0) is 22.8. The molecule has 2 aromatic rings. The fourth-order valence-electron chi connectivity index (χ4n) is 5.41. The average Bonchev–Trinajstić information content (AvgIpc) is 3.29. The molecule has 1 amide bonds. The van der Waals surface area contributed by atoms with Gasteiger partial charge in [-0.25, -0.2) is 0 Å². The minimum Gasteiger partial charge on any atom is -0.492 e. The van der Waals surface area contributed by atoms with Gasteiger partial charge in [-0.3, -0.25) is 9.69 Å². The Balaban J connectivity index is 1.15.